The third-order valence-electron chi connectivity index (χ3n) is 3.41. The quantitative estimate of drug-likeness (QED) is 0.348. The number of carbonyl (C=O) groups is 1. The fourth-order valence-corrected chi connectivity index (χ4v) is 2.18. The lowest BCUT2D eigenvalue weighted by Crippen LogP contribution is -2.34. The van der Waals surface area contributed by atoms with E-state index in [-0.39, 0.29) is 5.69 Å². The largest absolute Gasteiger partial charge is 0.618 e. The predicted molar refractivity (Wildman–Crippen MR) is 91.8 cm³/mol. The Kier molecular flexibility index (Phi) is 6.21. The summed E-state index contributed by atoms with van der Waals surface area (Å²) >= 11 is 5.85. The number of halogens is 1. The topological polar surface area (TPSA) is 62.5 Å². The number of esters is 1. The fourth-order valence-electron chi connectivity index (χ4n) is 2.06. The molecule has 2 rings (SSSR count). The molecule has 6 heteroatoms. The molecule has 0 saturated carbocycles. The minimum Gasteiger partial charge on any atom is -0.618 e. The van der Waals surface area contributed by atoms with Crippen molar-refractivity contribution in [2.45, 2.75) is 13.3 Å². The molecule has 1 aromatic heterocycles. The molecule has 0 spiro atoms. The van der Waals surface area contributed by atoms with Gasteiger partial charge in [-0.05, 0) is 23.8 Å². The second-order valence-electron chi connectivity index (χ2n) is 5.10. The van der Waals surface area contributed by atoms with Gasteiger partial charge in [-0.1, -0.05) is 23.7 Å². The Hall–Kier alpha value is -2.53. The van der Waals surface area contributed by atoms with Crippen LogP contribution in [-0.4, -0.2) is 19.7 Å². The van der Waals surface area contributed by atoms with Gasteiger partial charge in [-0.3, -0.25) is 0 Å². The average molecular weight is 348 g/mol. The predicted octanol–water partition coefficient (Wildman–Crippen LogP) is 3.09. The van der Waals surface area contributed by atoms with Crippen LogP contribution < -0.4 is 9.47 Å². The minimum absolute atomic E-state index is 0.261. The number of ether oxygens (including phenoxy) is 2. The molecule has 0 aliphatic heterocycles. The highest BCUT2D eigenvalue weighted by atomic mass is 35.5. The van der Waals surface area contributed by atoms with E-state index in [2.05, 4.69) is 4.74 Å². The Labute approximate surface area is 145 Å². The van der Waals surface area contributed by atoms with Crippen molar-refractivity contribution in [1.82, 2.24) is 0 Å². The Morgan fingerprint density at radius 3 is 2.62 bits per heavy atom. The first-order valence-corrected chi connectivity index (χ1v) is 7.75. The van der Waals surface area contributed by atoms with Gasteiger partial charge in [-0.2, -0.15) is 4.73 Å². The van der Waals surface area contributed by atoms with E-state index in [4.69, 9.17) is 16.3 Å². The van der Waals surface area contributed by atoms with Gasteiger partial charge in [0.25, 0.3) is 5.69 Å². The Morgan fingerprint density at radius 2 is 1.96 bits per heavy atom. The first kappa shape index (κ1) is 17.8. The van der Waals surface area contributed by atoms with Crippen LogP contribution in [0.1, 0.15) is 17.0 Å². The van der Waals surface area contributed by atoms with Crippen molar-refractivity contribution in [3.63, 3.8) is 0 Å². The highest BCUT2D eigenvalue weighted by molar-refractivity contribution is 6.30. The third-order valence-corrected chi connectivity index (χ3v) is 3.66. The summed E-state index contributed by atoms with van der Waals surface area (Å²) in [6.07, 6.45) is 3.25. The number of hydrogen-bond donors (Lipinski definition) is 0. The van der Waals surface area contributed by atoms with E-state index in [0.29, 0.717) is 29.5 Å². The van der Waals surface area contributed by atoms with Gasteiger partial charge in [0.2, 0.25) is 0 Å². The summed E-state index contributed by atoms with van der Waals surface area (Å²) in [5.41, 5.74) is 1.84. The van der Waals surface area contributed by atoms with Gasteiger partial charge in [0.15, 0.2) is 11.4 Å². The SMILES string of the molecule is COC(=O)/C=C/c1c(OCCc2ccc(Cl)cc2)ccc(C)[n+]1[O-]. The second-order valence-corrected chi connectivity index (χ2v) is 5.54. The lowest BCUT2D eigenvalue weighted by atomic mass is 10.2. The summed E-state index contributed by atoms with van der Waals surface area (Å²) in [7, 11) is 1.28. The third kappa shape index (κ3) is 4.73. The second kappa shape index (κ2) is 8.36. The molecule has 1 aromatic carbocycles. The molecule has 0 bridgehead atoms. The number of carbonyl (C=O) groups excluding carboxylic acids is 1. The van der Waals surface area contributed by atoms with Crippen LogP contribution in [-0.2, 0) is 16.0 Å². The summed E-state index contributed by atoms with van der Waals surface area (Å²) in [4.78, 5) is 11.2. The van der Waals surface area contributed by atoms with Crippen molar-refractivity contribution >= 4 is 23.6 Å². The van der Waals surface area contributed by atoms with Gasteiger partial charge in [0, 0.05) is 36.6 Å². The van der Waals surface area contributed by atoms with Crippen molar-refractivity contribution in [3.05, 3.63) is 69.7 Å². The summed E-state index contributed by atoms with van der Waals surface area (Å²) in [6, 6.07) is 10.9. The number of hydrogen-bond acceptors (Lipinski definition) is 4. The monoisotopic (exact) mass is 347 g/mol. The van der Waals surface area contributed by atoms with Crippen molar-refractivity contribution in [1.29, 1.82) is 0 Å². The lowest BCUT2D eigenvalue weighted by molar-refractivity contribution is -0.614. The fraction of sp³-hybridized carbons (Fsp3) is 0.222. The van der Waals surface area contributed by atoms with Gasteiger partial charge in [-0.25, -0.2) is 4.79 Å². The van der Waals surface area contributed by atoms with E-state index < -0.39 is 5.97 Å². The maximum absolute atomic E-state index is 12.2. The molecule has 0 atom stereocenters. The highest BCUT2D eigenvalue weighted by Gasteiger charge is 2.14. The maximum atomic E-state index is 12.2. The van der Waals surface area contributed by atoms with Gasteiger partial charge < -0.3 is 14.7 Å². The van der Waals surface area contributed by atoms with Crippen molar-refractivity contribution < 1.29 is 19.0 Å². The van der Waals surface area contributed by atoms with Crippen molar-refractivity contribution in [2.75, 3.05) is 13.7 Å². The van der Waals surface area contributed by atoms with Gasteiger partial charge >= 0.3 is 5.97 Å². The Bertz CT molecular complexity index is 741. The molecule has 0 amide bonds. The zero-order chi connectivity index (χ0) is 17.5. The normalized spacial score (nSPS) is 10.8. The van der Waals surface area contributed by atoms with Crippen LogP contribution in [0, 0.1) is 12.1 Å². The zero-order valence-electron chi connectivity index (χ0n) is 13.5. The summed E-state index contributed by atoms with van der Waals surface area (Å²) in [6.45, 7) is 2.07. The Balaban J connectivity index is 2.11. The van der Waals surface area contributed by atoms with E-state index in [1.807, 2.05) is 24.3 Å². The molecule has 1 heterocycles. The molecule has 2 aromatic rings. The Morgan fingerprint density at radius 1 is 1.25 bits per heavy atom. The summed E-state index contributed by atoms with van der Waals surface area (Å²) < 4.78 is 11.0. The molecular weight excluding hydrogens is 330 g/mol. The first-order chi connectivity index (χ1) is 11.5. The van der Waals surface area contributed by atoms with Crippen LogP contribution >= 0.6 is 11.6 Å². The molecule has 126 valence electrons. The van der Waals surface area contributed by atoms with E-state index in [0.717, 1.165) is 10.3 Å². The molecular formula is C18H18ClNO4. The first-order valence-electron chi connectivity index (χ1n) is 7.37. The van der Waals surface area contributed by atoms with Crippen LogP contribution in [0.15, 0.2) is 42.5 Å². The molecule has 24 heavy (non-hydrogen) atoms. The summed E-state index contributed by atoms with van der Waals surface area (Å²) in [5, 5.41) is 12.9. The standard InChI is InChI=1S/C18H18ClNO4/c1-13-3-9-17(16(20(13)22)8-10-18(21)23-2)24-12-11-14-4-6-15(19)7-5-14/h3-10H,11-12H2,1-2H3/b10-8+. The van der Waals surface area contributed by atoms with Crippen LogP contribution in [0.5, 0.6) is 5.75 Å². The molecule has 5 nitrogen and oxygen atoms in total. The molecule has 0 N–H and O–H groups in total. The number of aryl methyl sites for hydroxylation is 1. The number of rotatable bonds is 6. The molecule has 0 saturated heterocycles. The van der Waals surface area contributed by atoms with Gasteiger partial charge in [0.1, 0.15) is 0 Å². The van der Waals surface area contributed by atoms with E-state index >= 15 is 0 Å². The number of benzene rings is 1. The van der Waals surface area contributed by atoms with E-state index in [1.165, 1.54) is 19.3 Å². The summed E-state index contributed by atoms with van der Waals surface area (Å²) in [5.74, 6) is -0.131. The molecule has 0 aliphatic carbocycles. The molecule has 0 unspecified atom stereocenters. The van der Waals surface area contributed by atoms with Crippen molar-refractivity contribution in [2.24, 2.45) is 0 Å². The number of aromatic nitrogens is 1. The number of nitrogens with zero attached hydrogens (tertiary/aromatic N) is 1. The van der Waals surface area contributed by atoms with Crippen LogP contribution in [0.2, 0.25) is 5.02 Å². The van der Waals surface area contributed by atoms with Gasteiger partial charge in [-0.15, -0.1) is 0 Å². The molecule has 0 aliphatic rings. The molecule has 0 radical (unpaired) electrons. The van der Waals surface area contributed by atoms with E-state index in [1.54, 1.807) is 19.1 Å². The number of pyridine rings is 1. The van der Waals surface area contributed by atoms with Crippen LogP contribution in [0.4, 0.5) is 0 Å². The maximum Gasteiger partial charge on any atom is 0.330 e. The lowest BCUT2D eigenvalue weighted by Gasteiger charge is -2.11. The van der Waals surface area contributed by atoms with E-state index in [9.17, 15) is 10.0 Å². The average Bonchev–Trinajstić information content (AvgIpc) is 2.58. The zero-order valence-corrected chi connectivity index (χ0v) is 14.2. The number of methoxy groups -OCH3 is 1. The highest BCUT2D eigenvalue weighted by Crippen LogP contribution is 2.18. The minimum atomic E-state index is -0.538. The molecule has 0 fully saturated rings. The smallest absolute Gasteiger partial charge is 0.330 e. The van der Waals surface area contributed by atoms with Crippen LogP contribution in [0.25, 0.3) is 6.08 Å². The van der Waals surface area contributed by atoms with Crippen molar-refractivity contribution in [3.8, 4) is 5.75 Å². The van der Waals surface area contributed by atoms with Crippen LogP contribution in [0.3, 0.4) is 0 Å². The van der Waals surface area contributed by atoms with Gasteiger partial charge in [0.05, 0.1) is 13.7 Å².